The van der Waals surface area contributed by atoms with Crippen LogP contribution in [0.2, 0.25) is 0 Å². The second-order valence-electron chi connectivity index (χ2n) is 0.676. The number of hydrogen-bond donors (Lipinski definition) is 4. The Bertz CT molecular complexity index is 89.8. The van der Waals surface area contributed by atoms with Gasteiger partial charge in [-0.3, -0.25) is 9.59 Å². The van der Waals surface area contributed by atoms with Gasteiger partial charge in [-0.15, -0.1) is 0 Å². The second-order valence-corrected chi connectivity index (χ2v) is 1.56. The molecule has 13 heavy (non-hydrogen) atoms. The molecule has 0 heterocycles. The first-order chi connectivity index (χ1) is 5.46. The largest absolute Gasteiger partial charge is 1.00 e. The van der Waals surface area contributed by atoms with Crippen LogP contribution in [0, 0.1) is 0 Å². The molecule has 7 heteroatoms. The van der Waals surface area contributed by atoms with E-state index in [9.17, 15) is 0 Å². The SMILES string of the molecule is CC.CC.NC(=O)S.NC(=O)S.[H-].[Na+]. The van der Waals surface area contributed by atoms with E-state index in [0.717, 1.165) is 0 Å². The topological polar surface area (TPSA) is 86.2 Å². The summed E-state index contributed by atoms with van der Waals surface area (Å²) in [6.45, 7) is 8.00. The Morgan fingerprint density at radius 2 is 0.923 bits per heavy atom. The molecule has 0 aromatic carbocycles. The van der Waals surface area contributed by atoms with Crippen molar-refractivity contribution < 1.29 is 40.6 Å². The Morgan fingerprint density at radius 3 is 0.923 bits per heavy atom. The van der Waals surface area contributed by atoms with Gasteiger partial charge in [-0.1, -0.05) is 53.0 Å². The molecule has 78 valence electrons. The first-order valence-corrected chi connectivity index (χ1v) is 4.33. The van der Waals surface area contributed by atoms with E-state index in [2.05, 4.69) is 36.7 Å². The normalized spacial score (nSPS) is 4.77. The average Bonchev–Trinajstić information content (AvgIpc) is 1.93. The molecule has 0 aliphatic carbocycles. The summed E-state index contributed by atoms with van der Waals surface area (Å²) in [6, 6.07) is 0. The van der Waals surface area contributed by atoms with E-state index in [1.807, 2.05) is 27.7 Å². The third kappa shape index (κ3) is 3490. The van der Waals surface area contributed by atoms with Gasteiger partial charge in [-0.05, 0) is 0 Å². The van der Waals surface area contributed by atoms with Crippen LogP contribution in [0.5, 0.6) is 0 Å². The van der Waals surface area contributed by atoms with E-state index >= 15 is 0 Å². The van der Waals surface area contributed by atoms with Gasteiger partial charge in [0.15, 0.2) is 0 Å². The maximum absolute atomic E-state index is 9.09. The van der Waals surface area contributed by atoms with E-state index in [4.69, 9.17) is 9.59 Å². The van der Waals surface area contributed by atoms with E-state index in [0.29, 0.717) is 0 Å². The van der Waals surface area contributed by atoms with Crippen LogP contribution in [-0.4, -0.2) is 10.5 Å². The van der Waals surface area contributed by atoms with Gasteiger partial charge in [-0.2, -0.15) is 0 Å². The quantitative estimate of drug-likeness (QED) is 0.327. The standard InChI is InChI=1S/2C2H6.2CH3NOS.Na.H/c2*1-2;2*2-1(3)4;;/h2*1-2H3;2*(H3,2,3,4);;/q;;;;+1;-1. The number of rotatable bonds is 0. The van der Waals surface area contributed by atoms with Crippen molar-refractivity contribution in [3.8, 4) is 0 Å². The molecule has 0 aliphatic heterocycles. The van der Waals surface area contributed by atoms with Gasteiger partial charge in [0.1, 0.15) is 0 Å². The maximum atomic E-state index is 9.09. The number of carbonyl (C=O) groups excluding carboxylic acids is 2. The molecule has 0 saturated carbocycles. The van der Waals surface area contributed by atoms with Crippen LogP contribution >= 0.6 is 25.3 Å². The Hall–Kier alpha value is 0.640. The van der Waals surface area contributed by atoms with Crippen molar-refractivity contribution in [2.24, 2.45) is 11.5 Å². The fourth-order valence-corrected chi connectivity index (χ4v) is 0. The maximum Gasteiger partial charge on any atom is 1.00 e. The van der Waals surface area contributed by atoms with Gasteiger partial charge in [0.2, 0.25) is 0 Å². The summed E-state index contributed by atoms with van der Waals surface area (Å²) >= 11 is 6.21. The van der Waals surface area contributed by atoms with Crippen molar-refractivity contribution in [3.63, 3.8) is 0 Å². The minimum atomic E-state index is -0.639. The van der Waals surface area contributed by atoms with E-state index in [1.165, 1.54) is 0 Å². The van der Waals surface area contributed by atoms with Crippen LogP contribution < -0.4 is 41.0 Å². The number of hydrogen-bond acceptors (Lipinski definition) is 2. The zero-order chi connectivity index (χ0) is 11.2. The van der Waals surface area contributed by atoms with Crippen LogP contribution in [0.3, 0.4) is 0 Å². The van der Waals surface area contributed by atoms with Crippen molar-refractivity contribution in [2.45, 2.75) is 27.7 Å². The molecule has 0 aromatic heterocycles. The molecule has 0 radical (unpaired) electrons. The molecule has 2 amide bonds. The van der Waals surface area contributed by atoms with Gasteiger partial charge in [-0.25, -0.2) is 0 Å². The molecule has 4 N–H and O–H groups in total. The van der Waals surface area contributed by atoms with Crippen molar-refractivity contribution >= 4 is 35.7 Å². The Balaban J connectivity index is -0.0000000153. The molecule has 4 nitrogen and oxygen atoms in total. The van der Waals surface area contributed by atoms with Crippen LogP contribution in [0.4, 0.5) is 9.59 Å². The first-order valence-electron chi connectivity index (χ1n) is 3.43. The van der Waals surface area contributed by atoms with E-state index < -0.39 is 10.5 Å². The number of carbonyl (C=O) groups is 2. The van der Waals surface area contributed by atoms with Gasteiger partial charge < -0.3 is 12.9 Å². The molecule has 0 aromatic rings. The molecule has 0 fully saturated rings. The second kappa shape index (κ2) is 38.8. The van der Waals surface area contributed by atoms with Gasteiger partial charge >= 0.3 is 29.6 Å². The molecule has 0 aliphatic rings. The van der Waals surface area contributed by atoms with Crippen LogP contribution in [0.15, 0.2) is 0 Å². The third-order valence-electron chi connectivity index (χ3n) is 0. The predicted molar refractivity (Wildman–Crippen MR) is 60.9 cm³/mol. The summed E-state index contributed by atoms with van der Waals surface area (Å²) in [4.78, 5) is 18.2. The molecule has 0 atom stereocenters. The molecule has 0 saturated heterocycles. The fraction of sp³-hybridized carbons (Fsp3) is 0.667. The fourth-order valence-electron chi connectivity index (χ4n) is 0. The molecule has 0 rings (SSSR count). The Morgan fingerprint density at radius 1 is 0.923 bits per heavy atom. The van der Waals surface area contributed by atoms with Crippen molar-refractivity contribution in [1.29, 1.82) is 0 Å². The van der Waals surface area contributed by atoms with Gasteiger partial charge in [0.25, 0.3) is 10.5 Å². The molecule has 0 spiro atoms. The van der Waals surface area contributed by atoms with Gasteiger partial charge in [0.05, 0.1) is 0 Å². The molecular weight excluding hydrogens is 219 g/mol. The van der Waals surface area contributed by atoms with Crippen molar-refractivity contribution in [3.05, 3.63) is 0 Å². The summed E-state index contributed by atoms with van der Waals surface area (Å²) in [5.41, 5.74) is 8.67. The summed E-state index contributed by atoms with van der Waals surface area (Å²) in [5.74, 6) is 0. The van der Waals surface area contributed by atoms with Gasteiger partial charge in [0, 0.05) is 0 Å². The van der Waals surface area contributed by atoms with E-state index in [-0.39, 0.29) is 31.0 Å². The molecular formula is C6H19N2NaO2S2. The summed E-state index contributed by atoms with van der Waals surface area (Å²) in [6.07, 6.45) is 0. The number of nitrogens with two attached hydrogens (primary N) is 2. The zero-order valence-corrected chi connectivity index (χ0v) is 12.7. The molecule has 0 bridgehead atoms. The monoisotopic (exact) mass is 238 g/mol. The average molecular weight is 238 g/mol. The van der Waals surface area contributed by atoms with Crippen LogP contribution in [0.25, 0.3) is 0 Å². The van der Waals surface area contributed by atoms with Crippen LogP contribution in [0.1, 0.15) is 29.1 Å². The number of primary amides is 2. The summed E-state index contributed by atoms with van der Waals surface area (Å²) in [7, 11) is 0. The smallest absolute Gasteiger partial charge is 1.00 e. The minimum Gasteiger partial charge on any atom is -1.00 e. The zero-order valence-electron chi connectivity index (χ0n) is 9.87. The Labute approximate surface area is 115 Å². The minimum absolute atomic E-state index is 0. The summed E-state index contributed by atoms with van der Waals surface area (Å²) < 4.78 is 0. The van der Waals surface area contributed by atoms with E-state index in [1.54, 1.807) is 0 Å². The van der Waals surface area contributed by atoms with Crippen LogP contribution in [-0.2, 0) is 0 Å². The molecule has 0 unspecified atom stereocenters. The Kier molecular flexibility index (Phi) is 87.2. The predicted octanol–water partition coefficient (Wildman–Crippen LogP) is -0.841. The number of amides is 2. The third-order valence-corrected chi connectivity index (χ3v) is 0. The number of thiol groups is 2. The summed E-state index contributed by atoms with van der Waals surface area (Å²) in [5, 5.41) is -1.28. The van der Waals surface area contributed by atoms with Crippen molar-refractivity contribution in [1.82, 2.24) is 0 Å². The van der Waals surface area contributed by atoms with Crippen molar-refractivity contribution in [2.75, 3.05) is 0 Å². The first kappa shape index (κ1) is 29.2.